The molecule has 1 N–H and O–H groups in total. The van der Waals surface area contributed by atoms with Crippen molar-refractivity contribution in [1.82, 2.24) is 5.32 Å². The molecule has 2 atom stereocenters. The Morgan fingerprint density at radius 3 is 3.09 bits per heavy atom. The first-order chi connectivity index (χ1) is 5.31. The van der Waals surface area contributed by atoms with Crippen LogP contribution < -0.4 is 5.32 Å². The maximum Gasteiger partial charge on any atom is 0.106 e. The van der Waals surface area contributed by atoms with Crippen molar-refractivity contribution in [2.24, 2.45) is 0 Å². The molecule has 11 heavy (non-hydrogen) atoms. The average Bonchev–Trinajstić information content (AvgIpc) is 2.37. The normalized spacial score (nSPS) is 45.0. The zero-order valence-corrected chi connectivity index (χ0v) is 6.93. The predicted octanol–water partition coefficient (Wildman–Crippen LogP) is 0.154. The quantitative estimate of drug-likeness (QED) is 0.543. The smallest absolute Gasteiger partial charge is 0.106 e. The number of morpholine rings is 1. The summed E-state index contributed by atoms with van der Waals surface area (Å²) >= 11 is 0. The number of nitrogens with one attached hydrogen (secondary N) is 1. The van der Waals surface area contributed by atoms with Gasteiger partial charge in [-0.15, -0.1) is 0 Å². The van der Waals surface area contributed by atoms with Crippen molar-refractivity contribution in [2.75, 3.05) is 26.3 Å². The first-order valence-corrected chi connectivity index (χ1v) is 4.27. The van der Waals surface area contributed by atoms with Crippen molar-refractivity contribution in [1.29, 1.82) is 0 Å². The average molecular weight is 157 g/mol. The molecule has 2 rings (SSSR count). The minimum atomic E-state index is 0.0116. The topological polar surface area (TPSA) is 30.5 Å². The first kappa shape index (κ1) is 7.53. The third kappa shape index (κ3) is 1.41. The van der Waals surface area contributed by atoms with Gasteiger partial charge in [0.1, 0.15) is 5.60 Å². The molecule has 0 unspecified atom stereocenters. The lowest BCUT2D eigenvalue weighted by Gasteiger charge is -2.36. The van der Waals surface area contributed by atoms with Crippen molar-refractivity contribution < 1.29 is 9.47 Å². The van der Waals surface area contributed by atoms with Crippen LogP contribution in [0.15, 0.2) is 0 Å². The van der Waals surface area contributed by atoms with Gasteiger partial charge in [0, 0.05) is 26.1 Å². The number of rotatable bonds is 0. The highest BCUT2D eigenvalue weighted by atomic mass is 16.6. The van der Waals surface area contributed by atoms with Crippen LogP contribution in [-0.2, 0) is 9.47 Å². The molecule has 3 nitrogen and oxygen atoms in total. The second-order valence-corrected chi connectivity index (χ2v) is 3.54. The van der Waals surface area contributed by atoms with Crippen LogP contribution in [0.25, 0.3) is 0 Å². The summed E-state index contributed by atoms with van der Waals surface area (Å²) in [7, 11) is 0. The van der Waals surface area contributed by atoms with E-state index >= 15 is 0 Å². The SMILES string of the molecule is C[C@H]1CNC[C@]2(CCOC2)O1. The molecule has 64 valence electrons. The first-order valence-electron chi connectivity index (χ1n) is 4.27. The summed E-state index contributed by atoms with van der Waals surface area (Å²) in [5.41, 5.74) is 0.0116. The maximum absolute atomic E-state index is 5.85. The van der Waals surface area contributed by atoms with E-state index in [1.807, 2.05) is 0 Å². The van der Waals surface area contributed by atoms with E-state index in [0.29, 0.717) is 6.10 Å². The van der Waals surface area contributed by atoms with Crippen LogP contribution in [0.3, 0.4) is 0 Å². The van der Waals surface area contributed by atoms with Gasteiger partial charge >= 0.3 is 0 Å². The standard InChI is InChI=1S/C8H15NO2/c1-7-4-9-5-8(11-7)2-3-10-6-8/h7,9H,2-6H2,1H3/t7-,8-/m0/s1. The van der Waals surface area contributed by atoms with E-state index in [0.717, 1.165) is 32.7 Å². The van der Waals surface area contributed by atoms with Crippen LogP contribution in [0.2, 0.25) is 0 Å². The van der Waals surface area contributed by atoms with Crippen molar-refractivity contribution in [2.45, 2.75) is 25.0 Å². The number of hydrogen-bond donors (Lipinski definition) is 1. The monoisotopic (exact) mass is 157 g/mol. The Bertz CT molecular complexity index is 143. The third-order valence-electron chi connectivity index (χ3n) is 2.40. The lowest BCUT2D eigenvalue weighted by atomic mass is 10.0. The molecular formula is C8H15NO2. The fraction of sp³-hybridized carbons (Fsp3) is 1.00. The van der Waals surface area contributed by atoms with Crippen LogP contribution in [-0.4, -0.2) is 38.0 Å². The lowest BCUT2D eigenvalue weighted by molar-refractivity contribution is -0.108. The zero-order valence-electron chi connectivity index (χ0n) is 6.93. The van der Waals surface area contributed by atoms with Crippen LogP contribution in [0, 0.1) is 0 Å². The predicted molar refractivity (Wildman–Crippen MR) is 41.6 cm³/mol. The molecule has 2 saturated heterocycles. The van der Waals surface area contributed by atoms with Gasteiger partial charge in [-0.1, -0.05) is 0 Å². The molecule has 2 fully saturated rings. The number of ether oxygens (including phenoxy) is 2. The molecule has 0 aromatic heterocycles. The molecule has 0 bridgehead atoms. The molecule has 1 spiro atoms. The van der Waals surface area contributed by atoms with E-state index in [2.05, 4.69) is 12.2 Å². The van der Waals surface area contributed by atoms with E-state index in [1.54, 1.807) is 0 Å². The van der Waals surface area contributed by atoms with Crippen molar-refractivity contribution in [3.05, 3.63) is 0 Å². The second kappa shape index (κ2) is 2.73. The highest BCUT2D eigenvalue weighted by Gasteiger charge is 2.39. The molecule has 0 radical (unpaired) electrons. The summed E-state index contributed by atoms with van der Waals surface area (Å²) in [4.78, 5) is 0. The fourth-order valence-electron chi connectivity index (χ4n) is 1.83. The highest BCUT2D eigenvalue weighted by Crippen LogP contribution is 2.26. The van der Waals surface area contributed by atoms with Gasteiger partial charge in [0.05, 0.1) is 12.7 Å². The van der Waals surface area contributed by atoms with E-state index in [-0.39, 0.29) is 5.60 Å². The maximum atomic E-state index is 5.85. The van der Waals surface area contributed by atoms with Crippen molar-refractivity contribution in [3.63, 3.8) is 0 Å². The summed E-state index contributed by atoms with van der Waals surface area (Å²) in [6, 6.07) is 0. The minimum Gasteiger partial charge on any atom is -0.378 e. The summed E-state index contributed by atoms with van der Waals surface area (Å²) in [5, 5.41) is 3.36. The Morgan fingerprint density at radius 2 is 2.45 bits per heavy atom. The van der Waals surface area contributed by atoms with Gasteiger partial charge < -0.3 is 14.8 Å². The highest BCUT2D eigenvalue weighted by molar-refractivity contribution is 4.91. The summed E-state index contributed by atoms with van der Waals surface area (Å²) in [5.74, 6) is 0. The lowest BCUT2D eigenvalue weighted by Crippen LogP contribution is -2.53. The molecular weight excluding hydrogens is 142 g/mol. The van der Waals surface area contributed by atoms with Gasteiger partial charge in [0.15, 0.2) is 0 Å². The van der Waals surface area contributed by atoms with Gasteiger partial charge in [-0.25, -0.2) is 0 Å². The zero-order chi connectivity index (χ0) is 7.73. The summed E-state index contributed by atoms with van der Waals surface area (Å²) in [6.45, 7) is 5.66. The molecule has 0 saturated carbocycles. The Hall–Kier alpha value is -0.120. The molecule has 3 heteroatoms. The Labute approximate surface area is 67.1 Å². The largest absolute Gasteiger partial charge is 0.378 e. The van der Waals surface area contributed by atoms with E-state index in [9.17, 15) is 0 Å². The summed E-state index contributed by atoms with van der Waals surface area (Å²) < 4.78 is 11.2. The summed E-state index contributed by atoms with van der Waals surface area (Å²) in [6.07, 6.45) is 1.38. The second-order valence-electron chi connectivity index (χ2n) is 3.54. The van der Waals surface area contributed by atoms with E-state index in [4.69, 9.17) is 9.47 Å². The fourth-order valence-corrected chi connectivity index (χ4v) is 1.83. The molecule has 0 amide bonds. The third-order valence-corrected chi connectivity index (χ3v) is 2.40. The molecule has 0 aromatic rings. The van der Waals surface area contributed by atoms with E-state index in [1.165, 1.54) is 0 Å². The Kier molecular flexibility index (Phi) is 1.87. The van der Waals surface area contributed by atoms with Gasteiger partial charge in [-0.2, -0.15) is 0 Å². The molecule has 0 aliphatic carbocycles. The van der Waals surface area contributed by atoms with Gasteiger partial charge in [0.2, 0.25) is 0 Å². The van der Waals surface area contributed by atoms with Crippen LogP contribution >= 0.6 is 0 Å². The molecule has 2 aliphatic heterocycles. The van der Waals surface area contributed by atoms with Crippen molar-refractivity contribution in [3.8, 4) is 0 Å². The van der Waals surface area contributed by atoms with Gasteiger partial charge in [0.25, 0.3) is 0 Å². The van der Waals surface area contributed by atoms with Crippen LogP contribution in [0.5, 0.6) is 0 Å². The van der Waals surface area contributed by atoms with Gasteiger partial charge in [-0.3, -0.25) is 0 Å². The molecule has 0 aromatic carbocycles. The Balaban J connectivity index is 2.00. The van der Waals surface area contributed by atoms with Gasteiger partial charge in [-0.05, 0) is 6.92 Å². The minimum absolute atomic E-state index is 0.0116. The van der Waals surface area contributed by atoms with Crippen LogP contribution in [0.4, 0.5) is 0 Å². The van der Waals surface area contributed by atoms with Crippen LogP contribution in [0.1, 0.15) is 13.3 Å². The van der Waals surface area contributed by atoms with Crippen molar-refractivity contribution >= 4 is 0 Å². The molecule has 2 aliphatic rings. The molecule has 2 heterocycles. The number of hydrogen-bond acceptors (Lipinski definition) is 3. The Morgan fingerprint density at radius 1 is 1.55 bits per heavy atom. The van der Waals surface area contributed by atoms with E-state index < -0.39 is 0 Å².